The van der Waals surface area contributed by atoms with Crippen LogP contribution in [0.1, 0.15) is 10.5 Å². The Balaban J connectivity index is 1.78. The van der Waals surface area contributed by atoms with Gasteiger partial charge in [-0.1, -0.05) is 29.8 Å². The van der Waals surface area contributed by atoms with Crippen LogP contribution in [0.25, 0.3) is 21.9 Å². The Labute approximate surface area is 148 Å². The predicted octanol–water partition coefficient (Wildman–Crippen LogP) is 4.90. The molecule has 4 aromatic rings. The molecule has 0 saturated carbocycles. The molecule has 5 nitrogen and oxygen atoms in total. The van der Waals surface area contributed by atoms with Gasteiger partial charge in [0.15, 0.2) is 0 Å². The number of halogens is 1. The highest BCUT2D eigenvalue weighted by Crippen LogP contribution is 2.36. The third kappa shape index (κ3) is 2.79. The average Bonchev–Trinajstić information content (AvgIpc) is 2.98. The largest absolute Gasteiger partial charge is 0.495 e. The number of hydrogen-bond donors (Lipinski definition) is 1. The molecular weight excluding hydrogens is 340 g/mol. The number of hydrogen-bond acceptors (Lipinski definition) is 4. The number of methoxy groups -OCH3 is 1. The molecule has 0 aliphatic heterocycles. The van der Waals surface area contributed by atoms with Crippen LogP contribution in [0.2, 0.25) is 5.02 Å². The topological polar surface area (TPSA) is 64.4 Å². The summed E-state index contributed by atoms with van der Waals surface area (Å²) >= 11 is 5.91. The van der Waals surface area contributed by atoms with E-state index in [1.165, 1.54) is 12.3 Å². The molecule has 0 saturated heterocycles. The van der Waals surface area contributed by atoms with Gasteiger partial charge in [-0.05, 0) is 24.3 Å². The van der Waals surface area contributed by atoms with Crippen LogP contribution in [0.15, 0.2) is 59.1 Å². The van der Waals surface area contributed by atoms with Crippen molar-refractivity contribution in [1.29, 1.82) is 0 Å². The van der Waals surface area contributed by atoms with E-state index in [1.54, 1.807) is 19.2 Å². The highest BCUT2D eigenvalue weighted by atomic mass is 35.5. The van der Waals surface area contributed by atoms with Gasteiger partial charge in [-0.3, -0.25) is 9.78 Å². The van der Waals surface area contributed by atoms with E-state index >= 15 is 0 Å². The number of ether oxygens (including phenoxy) is 1. The first-order chi connectivity index (χ1) is 12.2. The van der Waals surface area contributed by atoms with E-state index in [0.29, 0.717) is 22.0 Å². The first-order valence-corrected chi connectivity index (χ1v) is 7.95. The number of aromatic nitrogens is 1. The second-order valence-corrected chi connectivity index (χ2v) is 5.90. The summed E-state index contributed by atoms with van der Waals surface area (Å²) in [5.74, 6) is 0.158. The van der Waals surface area contributed by atoms with Gasteiger partial charge in [-0.2, -0.15) is 0 Å². The monoisotopic (exact) mass is 352 g/mol. The lowest BCUT2D eigenvalue weighted by Gasteiger charge is -2.10. The van der Waals surface area contributed by atoms with E-state index in [4.69, 9.17) is 20.8 Å². The minimum atomic E-state index is -0.378. The normalized spacial score (nSPS) is 11.0. The van der Waals surface area contributed by atoms with Crippen molar-refractivity contribution in [3.05, 3.63) is 65.4 Å². The number of pyridine rings is 1. The Morgan fingerprint density at radius 2 is 1.96 bits per heavy atom. The number of nitrogens with zero attached hydrogens (tertiary/aromatic N) is 1. The van der Waals surface area contributed by atoms with E-state index in [1.807, 2.05) is 30.3 Å². The number of amides is 1. The second kappa shape index (κ2) is 6.11. The smallest absolute Gasteiger partial charge is 0.274 e. The lowest BCUT2D eigenvalue weighted by atomic mass is 10.1. The average molecular weight is 353 g/mol. The predicted molar refractivity (Wildman–Crippen MR) is 97.5 cm³/mol. The van der Waals surface area contributed by atoms with Crippen LogP contribution in [0.3, 0.4) is 0 Å². The maximum Gasteiger partial charge on any atom is 0.274 e. The number of furan rings is 1. The Morgan fingerprint density at radius 3 is 2.76 bits per heavy atom. The summed E-state index contributed by atoms with van der Waals surface area (Å²) in [6, 6.07) is 14.5. The molecule has 4 rings (SSSR count). The molecule has 0 atom stereocenters. The molecule has 25 heavy (non-hydrogen) atoms. The summed E-state index contributed by atoms with van der Waals surface area (Å²) in [4.78, 5) is 16.5. The van der Waals surface area contributed by atoms with Crippen molar-refractivity contribution >= 4 is 45.1 Å². The van der Waals surface area contributed by atoms with E-state index in [-0.39, 0.29) is 11.6 Å². The molecule has 1 N–H and O–H groups in total. The van der Waals surface area contributed by atoms with Crippen LogP contribution in [0.5, 0.6) is 5.75 Å². The fraction of sp³-hybridized carbons (Fsp3) is 0.0526. The van der Waals surface area contributed by atoms with Crippen molar-refractivity contribution in [2.24, 2.45) is 0 Å². The van der Waals surface area contributed by atoms with Gasteiger partial charge in [0.1, 0.15) is 22.6 Å². The van der Waals surface area contributed by atoms with Crippen molar-refractivity contribution in [2.75, 3.05) is 12.4 Å². The van der Waals surface area contributed by atoms with Crippen molar-refractivity contribution < 1.29 is 13.9 Å². The number of benzene rings is 2. The molecule has 2 aromatic heterocycles. The second-order valence-electron chi connectivity index (χ2n) is 5.46. The summed E-state index contributed by atoms with van der Waals surface area (Å²) in [5, 5.41) is 5.15. The van der Waals surface area contributed by atoms with Crippen molar-refractivity contribution in [3.8, 4) is 5.75 Å². The maximum absolute atomic E-state index is 12.4. The number of fused-ring (bicyclic) bond motifs is 3. The Hall–Kier alpha value is -3.05. The maximum atomic E-state index is 12.4. The molecule has 0 radical (unpaired) electrons. The van der Waals surface area contributed by atoms with Gasteiger partial charge in [0.2, 0.25) is 0 Å². The minimum Gasteiger partial charge on any atom is -0.495 e. The summed E-state index contributed by atoms with van der Waals surface area (Å²) in [6.45, 7) is 0. The van der Waals surface area contributed by atoms with Crippen molar-refractivity contribution in [3.63, 3.8) is 0 Å². The Kier molecular flexibility index (Phi) is 3.78. The van der Waals surface area contributed by atoms with Gasteiger partial charge in [0.05, 0.1) is 12.8 Å². The summed E-state index contributed by atoms with van der Waals surface area (Å²) < 4.78 is 11.3. The van der Waals surface area contributed by atoms with Crippen LogP contribution >= 0.6 is 11.6 Å². The van der Waals surface area contributed by atoms with E-state index < -0.39 is 0 Å². The summed E-state index contributed by atoms with van der Waals surface area (Å²) in [6.07, 6.45) is 1.48. The third-order valence-corrected chi connectivity index (χ3v) is 4.14. The van der Waals surface area contributed by atoms with Crippen LogP contribution < -0.4 is 10.1 Å². The van der Waals surface area contributed by atoms with Crippen molar-refractivity contribution in [1.82, 2.24) is 4.98 Å². The summed E-state index contributed by atoms with van der Waals surface area (Å²) in [7, 11) is 1.55. The quantitative estimate of drug-likeness (QED) is 0.569. The fourth-order valence-electron chi connectivity index (χ4n) is 2.73. The first-order valence-electron chi connectivity index (χ1n) is 7.58. The van der Waals surface area contributed by atoms with Crippen LogP contribution in [-0.4, -0.2) is 18.0 Å². The van der Waals surface area contributed by atoms with E-state index in [2.05, 4.69) is 10.3 Å². The Bertz CT molecular complexity index is 1100. The van der Waals surface area contributed by atoms with Gasteiger partial charge in [0, 0.05) is 28.1 Å². The highest BCUT2D eigenvalue weighted by molar-refractivity contribution is 6.31. The molecule has 0 aliphatic carbocycles. The molecule has 6 heteroatoms. The van der Waals surface area contributed by atoms with Gasteiger partial charge >= 0.3 is 0 Å². The number of rotatable bonds is 3. The van der Waals surface area contributed by atoms with E-state index in [9.17, 15) is 4.79 Å². The Morgan fingerprint density at radius 1 is 1.12 bits per heavy atom. The summed E-state index contributed by atoms with van der Waals surface area (Å²) in [5.41, 5.74) is 2.16. The van der Waals surface area contributed by atoms with Gasteiger partial charge in [0.25, 0.3) is 5.91 Å². The lowest BCUT2D eigenvalue weighted by Crippen LogP contribution is -2.14. The van der Waals surface area contributed by atoms with Crippen LogP contribution in [0.4, 0.5) is 5.69 Å². The van der Waals surface area contributed by atoms with Gasteiger partial charge < -0.3 is 14.5 Å². The standard InChI is InChI=1S/C19H13ClN2O3/c1-24-18-9-13-12-4-2-3-5-16(12)25-17(13)10-14(18)22-19(23)15-8-11(20)6-7-21-15/h2-10H,1H3,(H,22,23). The molecule has 2 heterocycles. The van der Waals surface area contributed by atoms with Gasteiger partial charge in [-0.15, -0.1) is 0 Å². The van der Waals surface area contributed by atoms with Gasteiger partial charge in [-0.25, -0.2) is 0 Å². The van der Waals surface area contributed by atoms with Crippen LogP contribution in [-0.2, 0) is 0 Å². The van der Waals surface area contributed by atoms with E-state index in [0.717, 1.165) is 16.4 Å². The molecule has 124 valence electrons. The zero-order valence-corrected chi connectivity index (χ0v) is 14.0. The zero-order chi connectivity index (χ0) is 17.4. The molecule has 2 aromatic carbocycles. The molecule has 0 fully saturated rings. The minimum absolute atomic E-state index is 0.222. The first kappa shape index (κ1) is 15.5. The van der Waals surface area contributed by atoms with Crippen LogP contribution in [0, 0.1) is 0 Å². The molecule has 0 aliphatic rings. The van der Waals surface area contributed by atoms with Crippen molar-refractivity contribution in [2.45, 2.75) is 0 Å². The number of para-hydroxylation sites is 1. The SMILES string of the molecule is COc1cc2c(cc1NC(=O)c1cc(Cl)ccn1)oc1ccccc12. The lowest BCUT2D eigenvalue weighted by molar-refractivity contribution is 0.102. The fourth-order valence-corrected chi connectivity index (χ4v) is 2.89. The number of carbonyl (C=O) groups excluding carboxylic acids is 1. The third-order valence-electron chi connectivity index (χ3n) is 3.90. The number of nitrogens with one attached hydrogen (secondary N) is 1. The molecule has 1 amide bonds. The number of carbonyl (C=O) groups is 1. The molecule has 0 unspecified atom stereocenters. The zero-order valence-electron chi connectivity index (χ0n) is 13.2. The molecular formula is C19H13ClN2O3. The highest BCUT2D eigenvalue weighted by Gasteiger charge is 2.15. The molecule has 0 spiro atoms. The molecule has 0 bridgehead atoms. The number of anilines is 1.